The minimum Gasteiger partial charge on any atom is -0.374 e. The van der Waals surface area contributed by atoms with Gasteiger partial charge in [-0.2, -0.15) is 0 Å². The van der Waals surface area contributed by atoms with E-state index >= 15 is 4.39 Å². The number of H-pyrrole nitrogens is 1. The van der Waals surface area contributed by atoms with Gasteiger partial charge in [0.15, 0.2) is 0 Å². The number of rotatable bonds is 2. The zero-order valence-corrected chi connectivity index (χ0v) is 15.5. The number of benzene rings is 1. The summed E-state index contributed by atoms with van der Waals surface area (Å²) in [4.78, 5) is 16.9. The Morgan fingerprint density at radius 1 is 1.58 bits per heavy atom. The number of fused-ring (bicyclic) bond motifs is 1. The highest BCUT2D eigenvalue weighted by molar-refractivity contribution is 6.36. The lowest BCUT2D eigenvalue weighted by atomic mass is 9.87. The number of halogens is 2. The fourth-order valence-electron chi connectivity index (χ4n) is 3.69. The number of amides is 1. The molecule has 1 amide bonds. The molecule has 1 aromatic heterocycles. The minimum atomic E-state index is -1.32. The Hall–Kier alpha value is -2.07. The molecule has 4 N–H and O–H groups in total. The first kappa shape index (κ1) is 18.7. The largest absolute Gasteiger partial charge is 0.374 e. The summed E-state index contributed by atoms with van der Waals surface area (Å²) in [7, 11) is 0. The van der Waals surface area contributed by atoms with Crippen LogP contribution in [0.15, 0.2) is 6.07 Å². The molecule has 1 saturated heterocycles. The molecule has 3 rings (SSSR count). The van der Waals surface area contributed by atoms with Gasteiger partial charge in [0, 0.05) is 41.2 Å². The van der Waals surface area contributed by atoms with Crippen molar-refractivity contribution in [2.24, 2.45) is 5.73 Å². The third-order valence-electron chi connectivity index (χ3n) is 4.88. The van der Waals surface area contributed by atoms with E-state index in [9.17, 15) is 9.90 Å². The fourth-order valence-corrected chi connectivity index (χ4v) is 3.94. The number of aromatic amines is 1. The molecule has 7 heteroatoms. The SMILES string of the molecule is CC#CC(=O)N1CCC[C@H](c2c(F)cc(C(N)O)c3[nH]c(C)c(Cl)c23)C1. The Balaban J connectivity index is 2.12. The molecule has 5 nitrogen and oxygen atoms in total. The van der Waals surface area contributed by atoms with E-state index in [0.29, 0.717) is 40.3 Å². The van der Waals surface area contributed by atoms with Gasteiger partial charge in [-0.1, -0.05) is 17.5 Å². The zero-order chi connectivity index (χ0) is 19.0. The van der Waals surface area contributed by atoms with Crippen LogP contribution in [0.2, 0.25) is 5.02 Å². The second kappa shape index (κ2) is 7.28. The number of likely N-dealkylation sites (tertiary alicyclic amines) is 1. The third-order valence-corrected chi connectivity index (χ3v) is 5.35. The van der Waals surface area contributed by atoms with Gasteiger partial charge in [0.1, 0.15) is 12.0 Å². The highest BCUT2D eigenvalue weighted by Crippen LogP contribution is 2.41. The van der Waals surface area contributed by atoms with Crippen molar-refractivity contribution in [3.8, 4) is 11.8 Å². The first-order valence-corrected chi connectivity index (χ1v) is 8.88. The van der Waals surface area contributed by atoms with Gasteiger partial charge in [-0.3, -0.25) is 4.79 Å². The molecular formula is C19H21ClFN3O2. The molecule has 1 unspecified atom stereocenters. The second-order valence-electron chi connectivity index (χ2n) is 6.59. The summed E-state index contributed by atoms with van der Waals surface area (Å²) in [6.45, 7) is 4.38. The van der Waals surface area contributed by atoms with Crippen LogP contribution in [0, 0.1) is 24.6 Å². The molecule has 1 aliphatic heterocycles. The normalized spacial score (nSPS) is 18.5. The van der Waals surface area contributed by atoms with Crippen molar-refractivity contribution in [3.05, 3.63) is 33.7 Å². The summed E-state index contributed by atoms with van der Waals surface area (Å²) >= 11 is 6.44. The zero-order valence-electron chi connectivity index (χ0n) is 14.7. The van der Waals surface area contributed by atoms with E-state index < -0.39 is 12.0 Å². The van der Waals surface area contributed by atoms with Gasteiger partial charge in [-0.25, -0.2) is 4.39 Å². The summed E-state index contributed by atoms with van der Waals surface area (Å²) < 4.78 is 15.0. The molecule has 0 aliphatic carbocycles. The quantitative estimate of drug-likeness (QED) is 0.556. The van der Waals surface area contributed by atoms with Gasteiger partial charge in [-0.15, -0.1) is 0 Å². The number of aryl methyl sites for hydroxylation is 1. The molecule has 138 valence electrons. The maximum atomic E-state index is 15.0. The number of hydrogen-bond acceptors (Lipinski definition) is 3. The predicted octanol–water partition coefficient (Wildman–Crippen LogP) is 2.95. The number of nitrogens with two attached hydrogens (primary N) is 1. The Morgan fingerprint density at radius 3 is 2.96 bits per heavy atom. The summed E-state index contributed by atoms with van der Waals surface area (Å²) in [5.74, 6) is 4.22. The number of carbonyl (C=O) groups is 1. The highest BCUT2D eigenvalue weighted by atomic mass is 35.5. The smallest absolute Gasteiger partial charge is 0.298 e. The van der Waals surface area contributed by atoms with Crippen molar-refractivity contribution < 1.29 is 14.3 Å². The molecule has 2 heterocycles. The number of aliphatic hydroxyl groups is 1. The lowest BCUT2D eigenvalue weighted by Crippen LogP contribution is -2.38. The van der Waals surface area contributed by atoms with Gasteiger partial charge in [0.05, 0.1) is 10.5 Å². The Labute approximate surface area is 156 Å². The number of nitrogens with zero attached hydrogens (tertiary/aromatic N) is 1. The van der Waals surface area contributed by atoms with E-state index in [4.69, 9.17) is 17.3 Å². The van der Waals surface area contributed by atoms with Crippen LogP contribution in [0.25, 0.3) is 10.9 Å². The van der Waals surface area contributed by atoms with Crippen LogP contribution in [0.4, 0.5) is 4.39 Å². The molecule has 0 saturated carbocycles. The average Bonchev–Trinajstić information content (AvgIpc) is 2.90. The van der Waals surface area contributed by atoms with Gasteiger partial charge in [0.2, 0.25) is 0 Å². The molecule has 0 bridgehead atoms. The van der Waals surface area contributed by atoms with E-state index in [-0.39, 0.29) is 17.4 Å². The molecule has 26 heavy (non-hydrogen) atoms. The molecule has 0 spiro atoms. The topological polar surface area (TPSA) is 82.3 Å². The summed E-state index contributed by atoms with van der Waals surface area (Å²) in [5.41, 5.74) is 7.52. The first-order chi connectivity index (χ1) is 12.3. The van der Waals surface area contributed by atoms with Crippen molar-refractivity contribution in [1.82, 2.24) is 9.88 Å². The number of aromatic nitrogens is 1. The lowest BCUT2D eigenvalue weighted by Gasteiger charge is -2.32. The van der Waals surface area contributed by atoms with Gasteiger partial charge >= 0.3 is 0 Å². The number of piperidine rings is 1. The van der Waals surface area contributed by atoms with Gasteiger partial charge < -0.3 is 20.7 Å². The highest BCUT2D eigenvalue weighted by Gasteiger charge is 2.30. The maximum Gasteiger partial charge on any atom is 0.298 e. The molecule has 2 atom stereocenters. The molecular weight excluding hydrogens is 357 g/mol. The number of nitrogens with one attached hydrogen (secondary N) is 1. The van der Waals surface area contributed by atoms with Crippen LogP contribution in [0.1, 0.15) is 48.7 Å². The number of aliphatic hydroxyl groups excluding tert-OH is 1. The van der Waals surface area contributed by atoms with Crippen molar-refractivity contribution in [2.45, 2.75) is 38.8 Å². The van der Waals surface area contributed by atoms with Crippen molar-refractivity contribution >= 4 is 28.4 Å². The van der Waals surface area contributed by atoms with Gasteiger partial charge in [0.25, 0.3) is 5.91 Å². The van der Waals surface area contributed by atoms with Crippen LogP contribution < -0.4 is 5.73 Å². The van der Waals surface area contributed by atoms with E-state index in [0.717, 1.165) is 12.8 Å². The fraction of sp³-hybridized carbons (Fsp3) is 0.421. The van der Waals surface area contributed by atoms with Crippen molar-refractivity contribution in [2.75, 3.05) is 13.1 Å². The Bertz CT molecular complexity index is 926. The standard InChI is InChI=1S/C19H21ClFN3O2/c1-3-5-14(25)24-7-4-6-11(9-24)15-13(21)8-12(19(22)26)18-16(15)17(20)10(2)23-18/h8,11,19,23,26H,4,6-7,9,22H2,1-2H3/t11-,19?/m0/s1. The molecule has 1 aliphatic rings. The monoisotopic (exact) mass is 377 g/mol. The average molecular weight is 378 g/mol. The molecule has 1 aromatic carbocycles. The van der Waals surface area contributed by atoms with E-state index in [2.05, 4.69) is 16.8 Å². The van der Waals surface area contributed by atoms with Crippen molar-refractivity contribution in [1.29, 1.82) is 0 Å². The van der Waals surface area contributed by atoms with Crippen LogP contribution in [0.3, 0.4) is 0 Å². The number of carbonyl (C=O) groups excluding carboxylic acids is 1. The Kier molecular flexibility index (Phi) is 5.24. The maximum absolute atomic E-state index is 15.0. The first-order valence-electron chi connectivity index (χ1n) is 8.50. The van der Waals surface area contributed by atoms with Crippen LogP contribution >= 0.6 is 11.6 Å². The van der Waals surface area contributed by atoms with Crippen molar-refractivity contribution in [3.63, 3.8) is 0 Å². The van der Waals surface area contributed by atoms with E-state index in [1.165, 1.54) is 6.07 Å². The summed E-state index contributed by atoms with van der Waals surface area (Å²) in [6, 6.07) is 1.25. The van der Waals surface area contributed by atoms with E-state index in [1.54, 1.807) is 18.7 Å². The van der Waals surface area contributed by atoms with Crippen LogP contribution in [-0.2, 0) is 4.79 Å². The predicted molar refractivity (Wildman–Crippen MR) is 99.2 cm³/mol. The third kappa shape index (κ3) is 3.18. The van der Waals surface area contributed by atoms with E-state index in [1.807, 2.05) is 0 Å². The van der Waals surface area contributed by atoms with Crippen LogP contribution in [0.5, 0.6) is 0 Å². The summed E-state index contributed by atoms with van der Waals surface area (Å²) in [5, 5.41) is 10.7. The second-order valence-corrected chi connectivity index (χ2v) is 6.96. The molecule has 2 aromatic rings. The number of hydrogen-bond donors (Lipinski definition) is 3. The molecule has 0 radical (unpaired) electrons. The van der Waals surface area contributed by atoms with Crippen LogP contribution in [-0.4, -0.2) is 34.0 Å². The molecule has 1 fully saturated rings. The lowest BCUT2D eigenvalue weighted by molar-refractivity contribution is -0.126. The summed E-state index contributed by atoms with van der Waals surface area (Å²) in [6.07, 6.45) is 0.172. The van der Waals surface area contributed by atoms with Gasteiger partial charge in [-0.05, 0) is 38.7 Å². The Morgan fingerprint density at radius 2 is 2.31 bits per heavy atom. The minimum absolute atomic E-state index is 0.203.